The Morgan fingerprint density at radius 1 is 1.36 bits per heavy atom. The Bertz CT molecular complexity index is 693. The first kappa shape index (κ1) is 16.7. The zero-order valence-electron chi connectivity index (χ0n) is 11.5. The second-order valence-electron chi connectivity index (χ2n) is 4.90. The summed E-state index contributed by atoms with van der Waals surface area (Å²) in [5.41, 5.74) is 0.117. The van der Waals surface area contributed by atoms with Gasteiger partial charge in [-0.1, -0.05) is 11.6 Å². The van der Waals surface area contributed by atoms with Crippen LogP contribution in [0.1, 0.15) is 0 Å². The van der Waals surface area contributed by atoms with Gasteiger partial charge in [-0.05, 0) is 6.07 Å². The molecule has 1 heterocycles. The number of halogens is 1. The Labute approximate surface area is 132 Å². The van der Waals surface area contributed by atoms with Crippen LogP contribution >= 0.6 is 11.6 Å². The number of hydrogen-bond acceptors (Lipinski definition) is 6. The number of nitro groups is 1. The topological polar surface area (TPSA) is 110 Å². The summed E-state index contributed by atoms with van der Waals surface area (Å²) in [7, 11) is -2.99. The Morgan fingerprint density at radius 3 is 2.55 bits per heavy atom. The number of rotatable bonds is 4. The van der Waals surface area contributed by atoms with Crippen LogP contribution in [0.25, 0.3) is 0 Å². The van der Waals surface area contributed by atoms with Gasteiger partial charge in [0.05, 0.1) is 33.7 Å². The number of hydrogen-bond donors (Lipinski definition) is 1. The van der Waals surface area contributed by atoms with E-state index < -0.39 is 14.8 Å². The van der Waals surface area contributed by atoms with E-state index in [4.69, 9.17) is 11.6 Å². The van der Waals surface area contributed by atoms with E-state index >= 15 is 0 Å². The highest BCUT2D eigenvalue weighted by atomic mass is 35.5. The van der Waals surface area contributed by atoms with Crippen molar-refractivity contribution in [3.63, 3.8) is 0 Å². The summed E-state index contributed by atoms with van der Waals surface area (Å²) in [6.45, 7) is 0.663. The van der Waals surface area contributed by atoms with E-state index in [9.17, 15) is 23.3 Å². The van der Waals surface area contributed by atoms with Gasteiger partial charge in [-0.25, -0.2) is 8.42 Å². The summed E-state index contributed by atoms with van der Waals surface area (Å²) in [6.07, 6.45) is 0. The summed E-state index contributed by atoms with van der Waals surface area (Å²) in [4.78, 5) is 23.7. The summed E-state index contributed by atoms with van der Waals surface area (Å²) < 4.78 is 22.6. The Hall–Kier alpha value is -1.71. The van der Waals surface area contributed by atoms with Crippen molar-refractivity contribution in [1.29, 1.82) is 0 Å². The molecule has 8 nitrogen and oxygen atoms in total. The van der Waals surface area contributed by atoms with Crippen molar-refractivity contribution >= 4 is 38.7 Å². The maximum Gasteiger partial charge on any atom is 0.271 e. The molecule has 0 aliphatic carbocycles. The number of carbonyl (C=O) groups is 1. The van der Waals surface area contributed by atoms with Crippen molar-refractivity contribution in [1.82, 2.24) is 4.90 Å². The lowest BCUT2D eigenvalue weighted by molar-refractivity contribution is -0.384. The molecule has 0 atom stereocenters. The molecule has 0 radical (unpaired) electrons. The predicted octanol–water partition coefficient (Wildman–Crippen LogP) is 0.917. The minimum Gasteiger partial charge on any atom is -0.324 e. The standard InChI is InChI=1S/C12H14ClN3O5S/c13-10-7-9(16(18)19)1-2-11(10)14-12(17)8-15-3-5-22(20,21)6-4-15/h1-2,7H,3-6,8H2,(H,14,17). The van der Waals surface area contributed by atoms with Crippen LogP contribution in [0.5, 0.6) is 0 Å². The van der Waals surface area contributed by atoms with Gasteiger partial charge in [0, 0.05) is 25.2 Å². The van der Waals surface area contributed by atoms with E-state index in [-0.39, 0.29) is 40.4 Å². The largest absolute Gasteiger partial charge is 0.324 e. The quantitative estimate of drug-likeness (QED) is 0.640. The normalized spacial score (nSPS) is 17.9. The molecule has 0 unspecified atom stereocenters. The van der Waals surface area contributed by atoms with Crippen molar-refractivity contribution in [3.8, 4) is 0 Å². The molecule has 1 aliphatic rings. The Morgan fingerprint density at radius 2 is 2.00 bits per heavy atom. The number of amides is 1. The van der Waals surface area contributed by atoms with Crippen LogP contribution in [0, 0.1) is 10.1 Å². The Balaban J connectivity index is 1.94. The number of carbonyl (C=O) groups excluding carboxylic acids is 1. The first-order valence-corrected chi connectivity index (χ1v) is 8.63. The van der Waals surface area contributed by atoms with E-state index in [0.717, 1.165) is 6.07 Å². The van der Waals surface area contributed by atoms with Crippen molar-refractivity contribution < 1.29 is 18.1 Å². The molecule has 0 spiro atoms. The fraction of sp³-hybridized carbons (Fsp3) is 0.417. The average Bonchev–Trinajstić information content (AvgIpc) is 2.43. The average molecular weight is 348 g/mol. The fourth-order valence-corrected chi connectivity index (χ4v) is 3.52. The highest BCUT2D eigenvalue weighted by Crippen LogP contribution is 2.26. The van der Waals surface area contributed by atoms with Gasteiger partial charge in [-0.15, -0.1) is 0 Å². The maximum absolute atomic E-state index is 11.9. The summed E-state index contributed by atoms with van der Waals surface area (Å²) in [6, 6.07) is 3.76. The first-order valence-electron chi connectivity index (χ1n) is 6.43. The second kappa shape index (κ2) is 6.59. The van der Waals surface area contributed by atoms with Crippen LogP contribution in [-0.2, 0) is 14.6 Å². The molecule has 10 heteroatoms. The molecule has 0 saturated carbocycles. The van der Waals surface area contributed by atoms with Crippen LogP contribution < -0.4 is 5.32 Å². The van der Waals surface area contributed by atoms with Gasteiger partial charge in [0.2, 0.25) is 5.91 Å². The number of benzene rings is 1. The van der Waals surface area contributed by atoms with Gasteiger partial charge in [-0.2, -0.15) is 0 Å². The minimum atomic E-state index is -2.99. The zero-order chi connectivity index (χ0) is 16.3. The third kappa shape index (κ3) is 4.39. The summed E-state index contributed by atoms with van der Waals surface area (Å²) in [5, 5.41) is 13.2. The Kier molecular flexibility index (Phi) is 4.99. The number of nitro benzene ring substituents is 1. The lowest BCUT2D eigenvalue weighted by Crippen LogP contribution is -2.43. The van der Waals surface area contributed by atoms with Crippen LogP contribution in [-0.4, -0.2) is 55.3 Å². The number of nitrogens with zero attached hydrogens (tertiary/aromatic N) is 2. The summed E-state index contributed by atoms with van der Waals surface area (Å²) in [5.74, 6) is -0.271. The number of anilines is 1. The summed E-state index contributed by atoms with van der Waals surface area (Å²) >= 11 is 5.89. The molecule has 1 fully saturated rings. The zero-order valence-corrected chi connectivity index (χ0v) is 13.1. The molecule has 2 rings (SSSR count). The van der Waals surface area contributed by atoms with E-state index in [1.54, 1.807) is 4.90 Å². The van der Waals surface area contributed by atoms with E-state index in [0.29, 0.717) is 13.1 Å². The highest BCUT2D eigenvalue weighted by molar-refractivity contribution is 7.91. The minimum absolute atomic E-state index is 0.0402. The molecular formula is C12H14ClN3O5S. The molecule has 1 aromatic carbocycles. The molecular weight excluding hydrogens is 334 g/mol. The van der Waals surface area contributed by atoms with Gasteiger partial charge >= 0.3 is 0 Å². The number of sulfone groups is 1. The smallest absolute Gasteiger partial charge is 0.271 e. The van der Waals surface area contributed by atoms with Crippen molar-refractivity contribution in [2.24, 2.45) is 0 Å². The highest BCUT2D eigenvalue weighted by Gasteiger charge is 2.23. The van der Waals surface area contributed by atoms with Crippen LogP contribution in [0.3, 0.4) is 0 Å². The van der Waals surface area contributed by atoms with Gasteiger partial charge in [0.25, 0.3) is 5.69 Å². The second-order valence-corrected chi connectivity index (χ2v) is 7.61. The molecule has 1 saturated heterocycles. The molecule has 0 bridgehead atoms. The van der Waals surface area contributed by atoms with Crippen LogP contribution in [0.15, 0.2) is 18.2 Å². The van der Waals surface area contributed by atoms with E-state index in [1.165, 1.54) is 12.1 Å². The monoisotopic (exact) mass is 347 g/mol. The van der Waals surface area contributed by atoms with Crippen LogP contribution in [0.4, 0.5) is 11.4 Å². The lowest BCUT2D eigenvalue weighted by atomic mass is 10.3. The maximum atomic E-state index is 11.9. The fourth-order valence-electron chi connectivity index (χ4n) is 2.02. The third-order valence-corrected chi connectivity index (χ3v) is 5.16. The van der Waals surface area contributed by atoms with Gasteiger partial charge in [0.1, 0.15) is 0 Å². The molecule has 1 aromatic rings. The van der Waals surface area contributed by atoms with Gasteiger partial charge in [-0.3, -0.25) is 19.8 Å². The van der Waals surface area contributed by atoms with Crippen molar-refractivity contribution in [2.45, 2.75) is 0 Å². The number of non-ortho nitro benzene ring substituents is 1. The van der Waals surface area contributed by atoms with Gasteiger partial charge in [0.15, 0.2) is 9.84 Å². The number of nitrogens with one attached hydrogen (secondary N) is 1. The van der Waals surface area contributed by atoms with E-state index in [1.807, 2.05) is 0 Å². The lowest BCUT2D eigenvalue weighted by Gasteiger charge is -2.25. The van der Waals surface area contributed by atoms with Gasteiger partial charge < -0.3 is 5.32 Å². The molecule has 1 N–H and O–H groups in total. The third-order valence-electron chi connectivity index (χ3n) is 3.24. The molecule has 1 aliphatic heterocycles. The molecule has 120 valence electrons. The SMILES string of the molecule is O=C(CN1CCS(=O)(=O)CC1)Nc1ccc([N+](=O)[O-])cc1Cl. The van der Waals surface area contributed by atoms with Crippen molar-refractivity contribution in [2.75, 3.05) is 36.5 Å². The molecule has 0 aromatic heterocycles. The molecule has 1 amide bonds. The predicted molar refractivity (Wildman–Crippen MR) is 81.8 cm³/mol. The van der Waals surface area contributed by atoms with Crippen LogP contribution in [0.2, 0.25) is 5.02 Å². The van der Waals surface area contributed by atoms with Crippen molar-refractivity contribution in [3.05, 3.63) is 33.3 Å². The van der Waals surface area contributed by atoms with E-state index in [2.05, 4.69) is 5.32 Å². The first-order chi connectivity index (χ1) is 10.3. The molecule has 22 heavy (non-hydrogen) atoms.